The van der Waals surface area contributed by atoms with Crippen molar-refractivity contribution in [2.75, 3.05) is 11.6 Å². The molecule has 106 valence electrons. The molecule has 5 heteroatoms. The summed E-state index contributed by atoms with van der Waals surface area (Å²) in [5.74, 6) is 0.711. The van der Waals surface area contributed by atoms with Crippen molar-refractivity contribution in [3.63, 3.8) is 0 Å². The molecule has 19 heavy (non-hydrogen) atoms. The molecule has 1 aliphatic carbocycles. The van der Waals surface area contributed by atoms with E-state index in [0.29, 0.717) is 12.0 Å². The van der Waals surface area contributed by atoms with Gasteiger partial charge in [0.05, 0.1) is 11.9 Å². The van der Waals surface area contributed by atoms with Crippen LogP contribution in [0.25, 0.3) is 0 Å². The van der Waals surface area contributed by atoms with Crippen LogP contribution in [0.4, 0.5) is 5.69 Å². The Morgan fingerprint density at radius 3 is 2.47 bits per heavy atom. The molecule has 2 rings (SSSR count). The van der Waals surface area contributed by atoms with Crippen LogP contribution in [-0.4, -0.2) is 25.7 Å². The highest BCUT2D eigenvalue weighted by atomic mass is 32.2. The van der Waals surface area contributed by atoms with E-state index in [1.165, 1.54) is 38.4 Å². The van der Waals surface area contributed by atoms with Gasteiger partial charge in [-0.2, -0.15) is 0 Å². The first-order valence-corrected chi connectivity index (χ1v) is 8.78. The summed E-state index contributed by atoms with van der Waals surface area (Å²) < 4.78 is 22.7. The monoisotopic (exact) mass is 282 g/mol. The summed E-state index contributed by atoms with van der Waals surface area (Å²) in [6.45, 7) is 2.19. The van der Waals surface area contributed by atoms with E-state index < -0.39 is 9.84 Å². The summed E-state index contributed by atoms with van der Waals surface area (Å²) in [7, 11) is -3.21. The minimum Gasteiger partial charge on any atom is -0.381 e. The molecule has 1 atom stereocenters. The fraction of sp³-hybridized carbons (Fsp3) is 0.643. The average Bonchev–Trinajstić information content (AvgIpc) is 2.39. The maximum atomic E-state index is 11.3. The molecule has 0 saturated heterocycles. The molecule has 1 N–H and O–H groups in total. The van der Waals surface area contributed by atoms with Crippen LogP contribution in [0, 0.1) is 5.92 Å². The molecular weight excluding hydrogens is 260 g/mol. The van der Waals surface area contributed by atoms with Crippen molar-refractivity contribution in [3.8, 4) is 0 Å². The van der Waals surface area contributed by atoms with Gasteiger partial charge in [0, 0.05) is 12.3 Å². The molecule has 1 saturated carbocycles. The quantitative estimate of drug-likeness (QED) is 0.922. The van der Waals surface area contributed by atoms with Crippen molar-refractivity contribution in [2.45, 2.75) is 50.1 Å². The van der Waals surface area contributed by atoms with Gasteiger partial charge in [-0.05, 0) is 37.8 Å². The van der Waals surface area contributed by atoms with Gasteiger partial charge in [0.15, 0.2) is 14.9 Å². The van der Waals surface area contributed by atoms with Gasteiger partial charge in [-0.1, -0.05) is 19.3 Å². The number of nitrogens with zero attached hydrogens (tertiary/aromatic N) is 1. The number of anilines is 1. The van der Waals surface area contributed by atoms with E-state index in [0.717, 1.165) is 5.69 Å². The predicted octanol–water partition coefficient (Wildman–Crippen LogP) is 2.87. The number of hydrogen-bond acceptors (Lipinski definition) is 4. The highest BCUT2D eigenvalue weighted by Crippen LogP contribution is 2.28. The summed E-state index contributed by atoms with van der Waals surface area (Å²) >= 11 is 0. The summed E-state index contributed by atoms with van der Waals surface area (Å²) in [5, 5.41) is 3.56. The highest BCUT2D eigenvalue weighted by molar-refractivity contribution is 7.90. The second kappa shape index (κ2) is 5.90. The van der Waals surface area contributed by atoms with Crippen LogP contribution in [0.5, 0.6) is 0 Å². The molecule has 1 heterocycles. The third-order valence-corrected chi connectivity index (χ3v) is 4.87. The fourth-order valence-electron chi connectivity index (χ4n) is 2.70. The molecule has 0 bridgehead atoms. The Balaban J connectivity index is 1.99. The van der Waals surface area contributed by atoms with Crippen molar-refractivity contribution in [1.82, 2.24) is 4.98 Å². The second-order valence-electron chi connectivity index (χ2n) is 5.49. The largest absolute Gasteiger partial charge is 0.381 e. The topological polar surface area (TPSA) is 59.1 Å². The first kappa shape index (κ1) is 14.3. The van der Waals surface area contributed by atoms with Crippen LogP contribution < -0.4 is 5.32 Å². The molecule has 1 aromatic rings. The SMILES string of the molecule is CC(Nc1ccc(S(C)(=O)=O)nc1)C1CCCCC1. The minimum atomic E-state index is -3.21. The lowest BCUT2D eigenvalue weighted by molar-refractivity contribution is 0.328. The van der Waals surface area contributed by atoms with Gasteiger partial charge in [-0.3, -0.25) is 0 Å². The standard InChI is InChI=1S/C14H22N2O2S/c1-11(12-6-4-3-5-7-12)16-13-8-9-14(15-10-13)19(2,17)18/h8-12,16H,3-7H2,1-2H3. The Kier molecular flexibility index (Phi) is 4.45. The first-order chi connectivity index (χ1) is 8.97. The van der Waals surface area contributed by atoms with E-state index in [1.54, 1.807) is 18.3 Å². The van der Waals surface area contributed by atoms with Gasteiger partial charge < -0.3 is 5.32 Å². The summed E-state index contributed by atoms with van der Waals surface area (Å²) in [5.41, 5.74) is 0.894. The zero-order valence-electron chi connectivity index (χ0n) is 11.6. The smallest absolute Gasteiger partial charge is 0.192 e. The molecule has 0 spiro atoms. The van der Waals surface area contributed by atoms with Gasteiger partial charge in [-0.15, -0.1) is 0 Å². The van der Waals surface area contributed by atoms with Crippen molar-refractivity contribution >= 4 is 15.5 Å². The Labute approximate surface area is 115 Å². The lowest BCUT2D eigenvalue weighted by Crippen LogP contribution is -2.27. The average molecular weight is 282 g/mol. The third-order valence-electron chi connectivity index (χ3n) is 3.87. The first-order valence-electron chi connectivity index (χ1n) is 6.89. The van der Waals surface area contributed by atoms with Crippen LogP contribution in [0.2, 0.25) is 0 Å². The Bertz CT molecular complexity index is 505. The number of sulfone groups is 1. The molecule has 0 aromatic carbocycles. The number of hydrogen-bond donors (Lipinski definition) is 1. The Morgan fingerprint density at radius 1 is 1.26 bits per heavy atom. The van der Waals surface area contributed by atoms with Gasteiger partial charge in [0.25, 0.3) is 0 Å². The van der Waals surface area contributed by atoms with Gasteiger partial charge in [0.1, 0.15) is 0 Å². The number of aromatic nitrogens is 1. The van der Waals surface area contributed by atoms with E-state index in [9.17, 15) is 8.42 Å². The fourth-order valence-corrected chi connectivity index (χ4v) is 3.26. The minimum absolute atomic E-state index is 0.128. The van der Waals surface area contributed by atoms with Crippen molar-refractivity contribution < 1.29 is 8.42 Å². The Morgan fingerprint density at radius 2 is 1.95 bits per heavy atom. The second-order valence-corrected chi connectivity index (χ2v) is 7.45. The number of rotatable bonds is 4. The van der Waals surface area contributed by atoms with Gasteiger partial charge in [-0.25, -0.2) is 13.4 Å². The molecule has 1 unspecified atom stereocenters. The van der Waals surface area contributed by atoms with Crippen molar-refractivity contribution in [1.29, 1.82) is 0 Å². The maximum Gasteiger partial charge on any atom is 0.192 e. The zero-order chi connectivity index (χ0) is 13.9. The zero-order valence-corrected chi connectivity index (χ0v) is 12.4. The number of pyridine rings is 1. The lowest BCUT2D eigenvalue weighted by Gasteiger charge is -2.28. The lowest BCUT2D eigenvalue weighted by atomic mass is 9.84. The van der Waals surface area contributed by atoms with Crippen LogP contribution >= 0.6 is 0 Å². The van der Waals surface area contributed by atoms with E-state index in [1.807, 2.05) is 0 Å². The van der Waals surface area contributed by atoms with Crippen LogP contribution in [0.15, 0.2) is 23.4 Å². The van der Waals surface area contributed by atoms with E-state index in [-0.39, 0.29) is 5.03 Å². The Hall–Kier alpha value is -1.10. The molecule has 0 radical (unpaired) electrons. The molecule has 4 nitrogen and oxygen atoms in total. The third kappa shape index (κ3) is 3.93. The van der Waals surface area contributed by atoms with Crippen molar-refractivity contribution in [2.24, 2.45) is 5.92 Å². The molecule has 0 aliphatic heterocycles. The number of nitrogens with one attached hydrogen (secondary N) is 1. The van der Waals surface area contributed by atoms with E-state index in [2.05, 4.69) is 17.2 Å². The summed E-state index contributed by atoms with van der Waals surface area (Å²) in [6, 6.07) is 3.76. The highest BCUT2D eigenvalue weighted by Gasteiger charge is 2.20. The summed E-state index contributed by atoms with van der Waals surface area (Å²) in [6.07, 6.45) is 9.34. The maximum absolute atomic E-state index is 11.3. The van der Waals surface area contributed by atoms with Crippen molar-refractivity contribution in [3.05, 3.63) is 18.3 Å². The van der Waals surface area contributed by atoms with Gasteiger partial charge >= 0.3 is 0 Å². The molecular formula is C14H22N2O2S. The van der Waals surface area contributed by atoms with Crippen LogP contribution in [0.3, 0.4) is 0 Å². The van der Waals surface area contributed by atoms with Gasteiger partial charge in [0.2, 0.25) is 0 Å². The normalized spacial score (nSPS) is 19.1. The molecule has 1 fully saturated rings. The van der Waals surface area contributed by atoms with Crippen LogP contribution in [-0.2, 0) is 9.84 Å². The summed E-state index contributed by atoms with van der Waals surface area (Å²) in [4.78, 5) is 4.00. The van der Waals surface area contributed by atoms with E-state index >= 15 is 0 Å². The molecule has 1 aromatic heterocycles. The predicted molar refractivity (Wildman–Crippen MR) is 77.0 cm³/mol. The molecule has 0 amide bonds. The molecule has 1 aliphatic rings. The van der Waals surface area contributed by atoms with Crippen LogP contribution in [0.1, 0.15) is 39.0 Å². The van der Waals surface area contributed by atoms with E-state index in [4.69, 9.17) is 0 Å².